The average molecular weight is 592 g/mol. The van der Waals surface area contributed by atoms with Crippen LogP contribution in [-0.2, 0) is 27.2 Å². The molecule has 9 heteroatoms. The number of alkyl halides is 2. The summed E-state index contributed by atoms with van der Waals surface area (Å²) in [7, 11) is 0. The molecule has 4 fully saturated rings. The molecular weight excluding hydrogens is 555 g/mol. The molecule has 8 atom stereocenters. The molecule has 0 amide bonds. The minimum atomic E-state index is -1.89. The number of hydrogen-bond donors (Lipinski definition) is 2. The average Bonchev–Trinajstić information content (AvgIpc) is 3.44. The summed E-state index contributed by atoms with van der Waals surface area (Å²) in [6.45, 7) is 7.18. The number of carbonyl (C=O) groups excluding carboxylic acids is 1. The number of Topliss-reactive ketones (excluding diaryl/α,β-unsaturated/α-hetero) is 1. The third kappa shape index (κ3) is 3.21. The van der Waals surface area contributed by atoms with E-state index in [1.807, 2.05) is 26.1 Å². The van der Waals surface area contributed by atoms with Crippen LogP contribution in [0.25, 0.3) is 6.08 Å². The van der Waals surface area contributed by atoms with Gasteiger partial charge in [0.25, 0.3) is 0 Å². The summed E-state index contributed by atoms with van der Waals surface area (Å²) in [6.07, 6.45) is 4.27. The van der Waals surface area contributed by atoms with Crippen molar-refractivity contribution in [3.05, 3.63) is 23.0 Å². The fraction of sp³-hybridized carbons (Fsp3) is 0.724. The van der Waals surface area contributed by atoms with Crippen LogP contribution < -0.4 is 0 Å². The van der Waals surface area contributed by atoms with Crippen LogP contribution >= 0.6 is 15.9 Å². The molecule has 6 rings (SSSR count). The van der Waals surface area contributed by atoms with E-state index in [9.17, 15) is 15.0 Å². The molecule has 0 radical (unpaired) electrons. The lowest BCUT2D eigenvalue weighted by atomic mass is 9.43. The molecule has 5 aliphatic rings. The van der Waals surface area contributed by atoms with Gasteiger partial charge in [-0.25, -0.2) is 4.39 Å². The molecule has 0 spiro atoms. The molecule has 0 unspecified atom stereocenters. The third-order valence-corrected chi connectivity index (χ3v) is 10.8. The Morgan fingerprint density at radius 2 is 2.05 bits per heavy atom. The molecule has 1 aromatic heterocycles. The zero-order valence-electron chi connectivity index (χ0n) is 22.4. The topological polar surface area (TPSA) is 93.8 Å². The van der Waals surface area contributed by atoms with Crippen LogP contribution in [0.4, 0.5) is 4.39 Å². The lowest BCUT2D eigenvalue weighted by Crippen LogP contribution is -2.70. The predicted octanol–water partition coefficient (Wildman–Crippen LogP) is 3.59. The van der Waals surface area contributed by atoms with Gasteiger partial charge in [0.05, 0.1) is 23.2 Å². The number of allylic oxidation sites excluding steroid dienone is 1. The number of aliphatic hydroxyl groups excluding tert-OH is 2. The highest BCUT2D eigenvalue weighted by molar-refractivity contribution is 9.09. The van der Waals surface area contributed by atoms with Crippen LogP contribution in [0.15, 0.2) is 11.8 Å². The van der Waals surface area contributed by atoms with Crippen LogP contribution in [0.3, 0.4) is 0 Å². The highest BCUT2D eigenvalue weighted by Gasteiger charge is 2.80. The van der Waals surface area contributed by atoms with E-state index >= 15 is 4.39 Å². The molecule has 206 valence electrons. The van der Waals surface area contributed by atoms with Crippen molar-refractivity contribution >= 4 is 27.8 Å². The van der Waals surface area contributed by atoms with Crippen molar-refractivity contribution in [2.45, 2.75) is 95.6 Å². The zero-order valence-corrected chi connectivity index (χ0v) is 24.0. The molecule has 7 nitrogen and oxygen atoms in total. The minimum Gasteiger partial charge on any atom is -0.390 e. The molecular formula is C29H36BrFN2O5. The summed E-state index contributed by atoms with van der Waals surface area (Å²) in [5.41, 5.74) is -2.30. The first-order valence-electron chi connectivity index (χ1n) is 13.5. The number of aliphatic hydroxyl groups is 2. The van der Waals surface area contributed by atoms with Crippen molar-refractivity contribution in [2.75, 3.05) is 11.9 Å². The second-order valence-electron chi connectivity index (χ2n) is 12.7. The van der Waals surface area contributed by atoms with Crippen molar-refractivity contribution in [3.8, 4) is 11.8 Å². The van der Waals surface area contributed by atoms with Gasteiger partial charge in [0.15, 0.2) is 17.2 Å². The van der Waals surface area contributed by atoms with Crippen molar-refractivity contribution in [1.82, 2.24) is 9.78 Å². The number of carbonyl (C=O) groups is 1. The summed E-state index contributed by atoms with van der Waals surface area (Å²) in [4.78, 5) is 13.4. The Morgan fingerprint density at radius 3 is 2.76 bits per heavy atom. The number of halogens is 2. The minimum absolute atomic E-state index is 0.0590. The van der Waals surface area contributed by atoms with Gasteiger partial charge >= 0.3 is 0 Å². The fourth-order valence-electron chi connectivity index (χ4n) is 9.09. The Kier molecular flexibility index (Phi) is 5.94. The molecule has 1 aliphatic heterocycles. The molecule has 4 aliphatic carbocycles. The monoisotopic (exact) mass is 590 g/mol. The van der Waals surface area contributed by atoms with Gasteiger partial charge in [-0.1, -0.05) is 47.2 Å². The van der Waals surface area contributed by atoms with E-state index in [0.717, 1.165) is 16.8 Å². The van der Waals surface area contributed by atoms with E-state index < -0.39 is 58.4 Å². The van der Waals surface area contributed by atoms with Crippen molar-refractivity contribution in [1.29, 1.82) is 0 Å². The third-order valence-electron chi connectivity index (χ3n) is 10.5. The largest absolute Gasteiger partial charge is 0.390 e. The van der Waals surface area contributed by atoms with Crippen molar-refractivity contribution in [3.63, 3.8) is 0 Å². The first kappa shape index (κ1) is 26.6. The molecule has 0 bridgehead atoms. The van der Waals surface area contributed by atoms with Gasteiger partial charge in [-0.2, -0.15) is 5.10 Å². The van der Waals surface area contributed by atoms with E-state index in [2.05, 4.69) is 32.9 Å². The van der Waals surface area contributed by atoms with Gasteiger partial charge in [0.1, 0.15) is 18.8 Å². The van der Waals surface area contributed by atoms with Gasteiger partial charge < -0.3 is 19.7 Å². The van der Waals surface area contributed by atoms with E-state index in [1.54, 1.807) is 18.5 Å². The maximum absolute atomic E-state index is 17.9. The number of ketones is 1. The number of hydrogen-bond acceptors (Lipinski definition) is 6. The van der Waals surface area contributed by atoms with Gasteiger partial charge in [-0.05, 0) is 63.5 Å². The standard InChI is InChI=1S/C29H36BrFN2O5/c1-25(2)37-24-12-20-19-8-7-18-11-21-17(15-33(32-21)10-6-5-9-30)13-26(18,3)28(19,31)22(35)14-27(20,4)29(24,38-25)23(36)16-34/h11,15,19-20,22,24,34-35H,7-10,12-14,16H2,1-4H3/t19-,20-,22-,24+,26-,27-,28-,29+/m0/s1. The number of aromatic nitrogens is 2. The van der Waals surface area contributed by atoms with Crippen LogP contribution in [0.2, 0.25) is 0 Å². The Hall–Kier alpha value is -1.57. The normalized spacial score (nSPS) is 44.1. The molecule has 38 heavy (non-hydrogen) atoms. The summed E-state index contributed by atoms with van der Waals surface area (Å²) in [5, 5.41) is 27.0. The first-order valence-corrected chi connectivity index (χ1v) is 14.7. The van der Waals surface area contributed by atoms with E-state index in [1.165, 1.54) is 0 Å². The van der Waals surface area contributed by atoms with Crippen molar-refractivity contribution in [2.24, 2.45) is 22.7 Å². The lowest BCUT2D eigenvalue weighted by molar-refractivity contribution is -0.250. The Bertz CT molecular complexity index is 1280. The highest BCUT2D eigenvalue weighted by Crippen LogP contribution is 2.72. The zero-order chi connectivity index (χ0) is 27.3. The van der Waals surface area contributed by atoms with Gasteiger partial charge in [-0.3, -0.25) is 9.48 Å². The smallest absolute Gasteiger partial charge is 0.193 e. The summed E-state index contributed by atoms with van der Waals surface area (Å²) in [6, 6.07) is 0. The van der Waals surface area contributed by atoms with Crippen LogP contribution in [0.1, 0.15) is 64.6 Å². The Morgan fingerprint density at radius 1 is 1.29 bits per heavy atom. The molecule has 2 heterocycles. The second kappa shape index (κ2) is 8.47. The Balaban J connectivity index is 1.39. The second-order valence-corrected chi connectivity index (χ2v) is 13.3. The molecule has 1 aromatic rings. The highest BCUT2D eigenvalue weighted by atomic mass is 79.9. The van der Waals surface area contributed by atoms with Gasteiger partial charge in [0.2, 0.25) is 0 Å². The van der Waals surface area contributed by atoms with Crippen LogP contribution in [0, 0.1) is 34.5 Å². The predicted molar refractivity (Wildman–Crippen MR) is 142 cm³/mol. The van der Waals surface area contributed by atoms with Crippen LogP contribution in [-0.4, -0.2) is 67.0 Å². The molecule has 1 saturated heterocycles. The number of nitrogens with zero attached hydrogens (tertiary/aromatic N) is 2. The number of fused-ring (bicyclic) bond motifs is 8. The van der Waals surface area contributed by atoms with Crippen molar-refractivity contribution < 1.29 is 28.9 Å². The molecule has 0 aromatic carbocycles. The molecule has 3 saturated carbocycles. The van der Waals surface area contributed by atoms with Crippen LogP contribution in [0.5, 0.6) is 0 Å². The SMILES string of the molecule is CC1(C)O[C@@H]2C[C@H]3[C@@H]4CCC5=Cc6nn(CC#CCBr)cc6C[C@]5(C)[C@@]4(F)[C@@H](O)C[C@]3(C)[C@]2(C(=O)CO)O1. The number of rotatable bonds is 3. The summed E-state index contributed by atoms with van der Waals surface area (Å²) < 4.78 is 32.3. The molecule has 2 N–H and O–H groups in total. The van der Waals surface area contributed by atoms with Gasteiger partial charge in [-0.15, -0.1) is 0 Å². The maximum atomic E-state index is 17.9. The lowest BCUT2D eigenvalue weighted by Gasteiger charge is -2.63. The quantitative estimate of drug-likeness (QED) is 0.413. The Labute approximate surface area is 231 Å². The first-order chi connectivity index (χ1) is 17.9. The number of ether oxygens (including phenoxy) is 2. The van der Waals surface area contributed by atoms with Gasteiger partial charge in [0, 0.05) is 22.9 Å². The summed E-state index contributed by atoms with van der Waals surface area (Å²) in [5.74, 6) is 3.87. The summed E-state index contributed by atoms with van der Waals surface area (Å²) >= 11 is 3.31. The maximum Gasteiger partial charge on any atom is 0.193 e. The van der Waals surface area contributed by atoms with E-state index in [4.69, 9.17) is 9.47 Å². The van der Waals surface area contributed by atoms with E-state index in [-0.39, 0.29) is 12.3 Å². The van der Waals surface area contributed by atoms with E-state index in [0.29, 0.717) is 37.6 Å². The fourth-order valence-corrected chi connectivity index (χ4v) is 9.29.